The van der Waals surface area contributed by atoms with Crippen LogP contribution in [0, 0.1) is 16.7 Å². The van der Waals surface area contributed by atoms with Gasteiger partial charge in [0, 0.05) is 19.1 Å². The quantitative estimate of drug-likeness (QED) is 0.740. The third-order valence-corrected chi connectivity index (χ3v) is 5.39. The van der Waals surface area contributed by atoms with Crippen LogP contribution in [0.4, 0.5) is 0 Å². The molecule has 3 unspecified atom stereocenters. The van der Waals surface area contributed by atoms with Crippen LogP contribution in [0.2, 0.25) is 0 Å². The van der Waals surface area contributed by atoms with Crippen molar-refractivity contribution in [3.8, 4) is 0 Å². The monoisotopic (exact) mass is 253 g/mol. The maximum atomic E-state index is 12.0. The summed E-state index contributed by atoms with van der Waals surface area (Å²) in [5.41, 5.74) is 0.542. The van der Waals surface area contributed by atoms with Gasteiger partial charge in [0.1, 0.15) is 0 Å². The summed E-state index contributed by atoms with van der Waals surface area (Å²) in [7, 11) is 0. The van der Waals surface area contributed by atoms with Crippen molar-refractivity contribution in [3.63, 3.8) is 0 Å². The summed E-state index contributed by atoms with van der Waals surface area (Å²) in [5, 5.41) is 12.0. The van der Waals surface area contributed by atoms with E-state index in [1.165, 1.54) is 19.3 Å². The first-order valence-electron chi connectivity index (χ1n) is 7.30. The lowest BCUT2D eigenvalue weighted by molar-refractivity contribution is -0.124. The molecule has 0 heterocycles. The molecule has 1 amide bonds. The van der Waals surface area contributed by atoms with Crippen LogP contribution < -0.4 is 5.32 Å². The van der Waals surface area contributed by atoms with Crippen LogP contribution in [0.15, 0.2) is 0 Å². The van der Waals surface area contributed by atoms with E-state index in [-0.39, 0.29) is 17.9 Å². The lowest BCUT2D eigenvalue weighted by Crippen LogP contribution is -2.52. The molecule has 2 fully saturated rings. The fourth-order valence-electron chi connectivity index (χ4n) is 4.29. The number of nitrogens with one attached hydrogen (secondary N) is 1. The average Bonchev–Trinajstić information content (AvgIpc) is 2.76. The molecule has 2 N–H and O–H groups in total. The number of aliphatic hydroxyl groups is 1. The standard InChI is InChI=1S/C15H27NO2/c1-14(2)11-7-8-15(3,10-11)13(14)16-12(18)6-4-5-9-17/h11,13,17H,4-10H2,1-3H3,(H,16,18). The molecule has 0 aromatic heterocycles. The van der Waals surface area contributed by atoms with Gasteiger partial charge < -0.3 is 10.4 Å². The second-order valence-corrected chi connectivity index (χ2v) is 7.10. The highest BCUT2D eigenvalue weighted by molar-refractivity contribution is 5.76. The average molecular weight is 253 g/mol. The van der Waals surface area contributed by atoms with Crippen LogP contribution in [-0.4, -0.2) is 23.7 Å². The number of carbonyl (C=O) groups is 1. The van der Waals surface area contributed by atoms with E-state index in [0.29, 0.717) is 17.9 Å². The van der Waals surface area contributed by atoms with Crippen molar-refractivity contribution in [2.45, 2.75) is 65.3 Å². The van der Waals surface area contributed by atoms with Crippen molar-refractivity contribution in [3.05, 3.63) is 0 Å². The number of rotatable bonds is 5. The summed E-state index contributed by atoms with van der Waals surface area (Å²) in [6.07, 6.45) is 5.90. The van der Waals surface area contributed by atoms with Crippen molar-refractivity contribution in [1.29, 1.82) is 0 Å². The van der Waals surface area contributed by atoms with Crippen LogP contribution in [0.3, 0.4) is 0 Å². The third-order valence-electron chi connectivity index (χ3n) is 5.39. The molecule has 0 aromatic rings. The van der Waals surface area contributed by atoms with Gasteiger partial charge in [-0.1, -0.05) is 20.8 Å². The number of hydrogen-bond acceptors (Lipinski definition) is 2. The van der Waals surface area contributed by atoms with E-state index < -0.39 is 0 Å². The van der Waals surface area contributed by atoms with Crippen molar-refractivity contribution < 1.29 is 9.90 Å². The van der Waals surface area contributed by atoms with Gasteiger partial charge in [0.05, 0.1) is 0 Å². The number of aliphatic hydroxyl groups excluding tert-OH is 1. The van der Waals surface area contributed by atoms with E-state index in [4.69, 9.17) is 5.11 Å². The summed E-state index contributed by atoms with van der Waals surface area (Å²) in [4.78, 5) is 12.0. The Morgan fingerprint density at radius 2 is 2.06 bits per heavy atom. The first kappa shape index (κ1) is 13.9. The summed E-state index contributed by atoms with van der Waals surface area (Å²) >= 11 is 0. The number of unbranched alkanes of at least 4 members (excludes halogenated alkanes) is 1. The van der Waals surface area contributed by atoms with Gasteiger partial charge in [0.2, 0.25) is 5.91 Å². The van der Waals surface area contributed by atoms with E-state index in [1.807, 2.05) is 0 Å². The zero-order valence-corrected chi connectivity index (χ0v) is 12.0. The molecule has 2 aliphatic rings. The van der Waals surface area contributed by atoms with Crippen LogP contribution in [-0.2, 0) is 4.79 Å². The van der Waals surface area contributed by atoms with Crippen molar-refractivity contribution >= 4 is 5.91 Å². The van der Waals surface area contributed by atoms with Gasteiger partial charge in [-0.3, -0.25) is 4.79 Å². The molecule has 0 spiro atoms. The third kappa shape index (κ3) is 2.29. The molecule has 3 heteroatoms. The van der Waals surface area contributed by atoms with Crippen molar-refractivity contribution in [2.24, 2.45) is 16.7 Å². The molecule has 2 aliphatic carbocycles. The summed E-state index contributed by atoms with van der Waals surface area (Å²) in [5.74, 6) is 0.931. The molecule has 0 saturated heterocycles. The molecule has 0 radical (unpaired) electrons. The fraction of sp³-hybridized carbons (Fsp3) is 0.933. The maximum Gasteiger partial charge on any atom is 0.220 e. The topological polar surface area (TPSA) is 49.3 Å². The molecule has 0 aromatic carbocycles. The second-order valence-electron chi connectivity index (χ2n) is 7.10. The maximum absolute atomic E-state index is 12.0. The first-order valence-corrected chi connectivity index (χ1v) is 7.30. The van der Waals surface area contributed by atoms with Crippen molar-refractivity contribution in [2.75, 3.05) is 6.61 Å². The van der Waals surface area contributed by atoms with Crippen LogP contribution in [0.1, 0.15) is 59.3 Å². The van der Waals surface area contributed by atoms with E-state index >= 15 is 0 Å². The predicted molar refractivity (Wildman–Crippen MR) is 72.1 cm³/mol. The molecule has 2 saturated carbocycles. The minimum Gasteiger partial charge on any atom is -0.396 e. The molecule has 104 valence electrons. The zero-order chi connectivity index (χ0) is 13.4. The number of amides is 1. The molecule has 3 nitrogen and oxygen atoms in total. The van der Waals surface area contributed by atoms with Crippen LogP contribution >= 0.6 is 0 Å². The number of hydrogen-bond donors (Lipinski definition) is 2. The number of fused-ring (bicyclic) bond motifs is 2. The molecule has 0 aliphatic heterocycles. The highest BCUT2D eigenvalue weighted by Crippen LogP contribution is 2.62. The van der Waals surface area contributed by atoms with E-state index in [1.54, 1.807) is 0 Å². The van der Waals surface area contributed by atoms with E-state index in [2.05, 4.69) is 26.1 Å². The Balaban J connectivity index is 1.94. The van der Waals surface area contributed by atoms with Gasteiger partial charge in [-0.15, -0.1) is 0 Å². The molecule has 18 heavy (non-hydrogen) atoms. The summed E-state index contributed by atoms with van der Waals surface area (Å²) < 4.78 is 0. The Bertz CT molecular complexity index is 322. The predicted octanol–water partition coefficient (Wildman–Crippen LogP) is 2.48. The second kappa shape index (κ2) is 4.84. The Morgan fingerprint density at radius 1 is 1.33 bits per heavy atom. The normalized spacial score (nSPS) is 36.9. The summed E-state index contributed by atoms with van der Waals surface area (Å²) in [6, 6.07) is 0.324. The van der Waals surface area contributed by atoms with Crippen molar-refractivity contribution in [1.82, 2.24) is 5.32 Å². The minimum absolute atomic E-state index is 0.162. The highest BCUT2D eigenvalue weighted by Gasteiger charge is 2.59. The largest absolute Gasteiger partial charge is 0.396 e. The van der Waals surface area contributed by atoms with E-state index in [0.717, 1.165) is 18.8 Å². The SMILES string of the molecule is CC12CCC(C1)C(C)(C)C2NC(=O)CCCCO. The van der Waals surface area contributed by atoms with E-state index in [9.17, 15) is 4.79 Å². The molecule has 3 atom stereocenters. The number of carbonyl (C=O) groups excluding carboxylic acids is 1. The van der Waals surface area contributed by atoms with Gasteiger partial charge in [-0.2, -0.15) is 0 Å². The van der Waals surface area contributed by atoms with Gasteiger partial charge in [0.15, 0.2) is 0 Å². The minimum atomic E-state index is 0.162. The Morgan fingerprint density at radius 3 is 2.61 bits per heavy atom. The molecular formula is C15H27NO2. The lowest BCUT2D eigenvalue weighted by Gasteiger charge is -2.43. The van der Waals surface area contributed by atoms with Crippen LogP contribution in [0.5, 0.6) is 0 Å². The molecule has 2 rings (SSSR count). The molecular weight excluding hydrogens is 226 g/mol. The van der Waals surface area contributed by atoms with Gasteiger partial charge in [-0.05, 0) is 48.9 Å². The zero-order valence-electron chi connectivity index (χ0n) is 12.0. The highest BCUT2D eigenvalue weighted by atomic mass is 16.2. The fourth-order valence-corrected chi connectivity index (χ4v) is 4.29. The Hall–Kier alpha value is -0.570. The Labute approximate surface area is 110 Å². The van der Waals surface area contributed by atoms with Crippen LogP contribution in [0.25, 0.3) is 0 Å². The lowest BCUT2D eigenvalue weighted by atomic mass is 9.68. The van der Waals surface area contributed by atoms with Gasteiger partial charge >= 0.3 is 0 Å². The first-order chi connectivity index (χ1) is 8.40. The Kier molecular flexibility index (Phi) is 3.72. The smallest absolute Gasteiger partial charge is 0.220 e. The molecule has 2 bridgehead atoms. The van der Waals surface area contributed by atoms with Gasteiger partial charge in [0.25, 0.3) is 0 Å². The van der Waals surface area contributed by atoms with Gasteiger partial charge in [-0.25, -0.2) is 0 Å². The summed E-state index contributed by atoms with van der Waals surface area (Å²) in [6.45, 7) is 7.13.